The number of aryl methyl sites for hydroxylation is 2. The molecule has 6 rings (SSSR count). The fourth-order valence-corrected chi connectivity index (χ4v) is 6.24. The van der Waals surface area contributed by atoms with Crippen molar-refractivity contribution in [2.75, 3.05) is 0 Å². The molecule has 0 fully saturated rings. The van der Waals surface area contributed by atoms with E-state index in [1.165, 1.54) is 112 Å². The van der Waals surface area contributed by atoms with Crippen molar-refractivity contribution in [1.82, 2.24) is 0 Å². The first-order chi connectivity index (χ1) is 24.2. The number of fused-ring (bicyclic) bond motifs is 2. The van der Waals surface area contributed by atoms with Crippen LogP contribution in [0.4, 0.5) is 0 Å². The molecule has 0 N–H and O–H groups in total. The summed E-state index contributed by atoms with van der Waals surface area (Å²) in [5, 5.41) is 5.44. The van der Waals surface area contributed by atoms with E-state index >= 15 is 0 Å². The summed E-state index contributed by atoms with van der Waals surface area (Å²) in [4.78, 5) is 0. The molecule has 4 heteroatoms. The molecule has 0 aromatic heterocycles. The number of unbranched alkanes of at least 4 members (excludes halogenated alkanes) is 4. The molecular weight excluding hydrogens is 743 g/mol. The van der Waals surface area contributed by atoms with Gasteiger partial charge in [-0.3, -0.25) is 0 Å². The Hall–Kier alpha value is -2.22. The zero-order valence-corrected chi connectivity index (χ0v) is 36.4. The number of halogens is 2. The number of hydrogen-bond donors (Lipinski definition) is 0. The Morgan fingerprint density at radius 3 is 1.78 bits per heavy atom. The van der Waals surface area contributed by atoms with E-state index in [4.69, 9.17) is 17.0 Å². The van der Waals surface area contributed by atoms with E-state index in [0.717, 1.165) is 9.52 Å². The van der Waals surface area contributed by atoms with Gasteiger partial charge in [0.15, 0.2) is 0 Å². The number of rotatable bonds is 10. The summed E-state index contributed by atoms with van der Waals surface area (Å²) in [6, 6.07) is 42.7. The van der Waals surface area contributed by atoms with Crippen LogP contribution in [0.3, 0.4) is 0 Å². The molecule has 0 amide bonds. The second-order valence-corrected chi connectivity index (χ2v) is 18.7. The maximum absolute atomic E-state index is 4.93. The monoisotopic (exact) mass is 796 g/mol. The minimum absolute atomic E-state index is 0.213. The van der Waals surface area contributed by atoms with Crippen molar-refractivity contribution in [3.63, 3.8) is 0 Å². The van der Waals surface area contributed by atoms with Crippen LogP contribution in [-0.4, -0.2) is 9.52 Å². The van der Waals surface area contributed by atoms with E-state index in [-0.39, 0.29) is 5.41 Å². The molecule has 6 aromatic carbocycles. The summed E-state index contributed by atoms with van der Waals surface area (Å²) >= 11 is -0.826. The van der Waals surface area contributed by atoms with Crippen molar-refractivity contribution in [1.29, 1.82) is 0 Å². The van der Waals surface area contributed by atoms with Gasteiger partial charge in [0.2, 0.25) is 0 Å². The van der Waals surface area contributed by atoms with Gasteiger partial charge in [-0.25, -0.2) is 0 Å². The van der Waals surface area contributed by atoms with Gasteiger partial charge in [0.25, 0.3) is 0 Å². The molecule has 0 aliphatic heterocycles. The van der Waals surface area contributed by atoms with Gasteiger partial charge < -0.3 is 0 Å². The molecule has 262 valence electrons. The molecule has 6 aromatic rings. The molecule has 0 unspecified atom stereocenters. The fourth-order valence-electron chi connectivity index (χ4n) is 6.24. The van der Waals surface area contributed by atoms with Crippen molar-refractivity contribution < 1.29 is 20.8 Å². The summed E-state index contributed by atoms with van der Waals surface area (Å²) in [6.45, 7) is 15.6. The fraction of sp³-hybridized carbons (Fsp3) is 0.348. The van der Waals surface area contributed by atoms with E-state index in [0.29, 0.717) is 0 Å². The van der Waals surface area contributed by atoms with E-state index in [2.05, 4.69) is 163 Å². The Balaban J connectivity index is 0.000000240. The van der Waals surface area contributed by atoms with Crippen LogP contribution in [0.25, 0.3) is 43.8 Å². The zero-order chi connectivity index (χ0) is 36.4. The maximum atomic E-state index is 4.93. The third-order valence-electron chi connectivity index (χ3n) is 8.95. The average molecular weight is 799 g/mol. The van der Waals surface area contributed by atoms with Crippen molar-refractivity contribution in [3.8, 4) is 22.3 Å². The van der Waals surface area contributed by atoms with Crippen LogP contribution in [0, 0.1) is 0 Å². The van der Waals surface area contributed by atoms with Crippen molar-refractivity contribution in [2.45, 2.75) is 104 Å². The predicted molar refractivity (Wildman–Crippen MR) is 224 cm³/mol. The minimum atomic E-state index is -0.826. The van der Waals surface area contributed by atoms with Crippen molar-refractivity contribution in [2.24, 2.45) is 0 Å². The third kappa shape index (κ3) is 13.1. The Bertz CT molecular complexity index is 1790. The molecule has 0 aliphatic carbocycles. The molecule has 2 radical (unpaired) electrons. The van der Waals surface area contributed by atoms with Crippen LogP contribution in [0.2, 0.25) is 13.1 Å². The summed E-state index contributed by atoms with van der Waals surface area (Å²) in [6.07, 6.45) is 10.3. The first-order valence-corrected chi connectivity index (χ1v) is 26.6. The normalized spacial score (nSPS) is 10.7. The Labute approximate surface area is 325 Å². The Morgan fingerprint density at radius 2 is 1.20 bits per heavy atom. The molecule has 0 aliphatic rings. The van der Waals surface area contributed by atoms with Gasteiger partial charge in [-0.15, -0.1) is 63.5 Å². The second kappa shape index (κ2) is 22.7. The summed E-state index contributed by atoms with van der Waals surface area (Å²) in [5.41, 5.74) is 9.88. The molecule has 0 bridgehead atoms. The van der Waals surface area contributed by atoms with Crippen molar-refractivity contribution in [3.05, 3.63) is 132 Å². The van der Waals surface area contributed by atoms with Gasteiger partial charge in [-0.2, -0.15) is 18.2 Å². The molecular formula is C46H56Cl2SiZr. The van der Waals surface area contributed by atoms with E-state index in [1.807, 2.05) is 0 Å². The molecule has 0 atom stereocenters. The SMILES string of the molecule is CC(C)(C)c1ccc(-c2cccc3[cH-]ccc23)cc1.CCCCCCc1ccc(-c2cccc3[cH-]c(CCCC)cc23)cc1.C[Si]C.[Cl][Zr+2][Cl]. The molecule has 0 heterocycles. The van der Waals surface area contributed by atoms with Gasteiger partial charge >= 0.3 is 37.9 Å². The molecule has 0 saturated heterocycles. The molecule has 0 saturated carbocycles. The Morgan fingerprint density at radius 1 is 0.640 bits per heavy atom. The van der Waals surface area contributed by atoms with Crippen LogP contribution in [0.1, 0.15) is 89.8 Å². The number of hydrogen-bond acceptors (Lipinski definition) is 0. The predicted octanol–water partition coefficient (Wildman–Crippen LogP) is 15.4. The summed E-state index contributed by atoms with van der Waals surface area (Å²) in [7, 11) is 11.0. The zero-order valence-electron chi connectivity index (χ0n) is 31.4. The van der Waals surface area contributed by atoms with Gasteiger partial charge in [0, 0.05) is 9.52 Å². The van der Waals surface area contributed by atoms with Gasteiger partial charge in [0.1, 0.15) is 0 Å². The van der Waals surface area contributed by atoms with Gasteiger partial charge in [-0.1, -0.05) is 152 Å². The quantitative estimate of drug-likeness (QED) is 0.0736. The first kappa shape index (κ1) is 42.2. The summed E-state index contributed by atoms with van der Waals surface area (Å²) in [5.74, 6) is 0. The standard InChI is InChI=1S/C25H31.C19H19.C2H6Si.2ClH.Zr/c1-3-5-7-8-11-20-14-16-22(17-15-20)24-13-9-12-23-18-21(10-6-4-2)19-25(23)24;1-19(2,3)16-12-10-15(11-13-16)18-9-5-7-14-6-4-8-17(14)18;1-3-2;;;/h9,12-19H,3-8,10-11H2,1-2H3;4-13H,1-3H3;1-2H3;2*1H;/q2*-1;;;;+4/p-2. The second-order valence-electron chi connectivity index (χ2n) is 14.0. The molecule has 0 nitrogen and oxygen atoms in total. The molecule has 50 heavy (non-hydrogen) atoms. The summed E-state index contributed by atoms with van der Waals surface area (Å²) < 4.78 is 0. The van der Waals surface area contributed by atoms with E-state index in [9.17, 15) is 0 Å². The van der Waals surface area contributed by atoms with Gasteiger partial charge in [-0.05, 0) is 46.9 Å². The average Bonchev–Trinajstić information content (AvgIpc) is 3.78. The van der Waals surface area contributed by atoms with E-state index in [1.54, 1.807) is 0 Å². The number of benzene rings is 4. The first-order valence-electron chi connectivity index (χ1n) is 18.3. The van der Waals surface area contributed by atoms with Crippen molar-refractivity contribution >= 4 is 48.1 Å². The molecule has 0 spiro atoms. The Kier molecular flexibility index (Phi) is 19.1. The topological polar surface area (TPSA) is 0 Å². The van der Waals surface area contributed by atoms with Gasteiger partial charge in [0.05, 0.1) is 0 Å². The van der Waals surface area contributed by atoms with Crippen LogP contribution in [0.5, 0.6) is 0 Å². The van der Waals surface area contributed by atoms with Crippen LogP contribution in [-0.2, 0) is 39.1 Å². The van der Waals surface area contributed by atoms with Crippen LogP contribution >= 0.6 is 17.0 Å². The van der Waals surface area contributed by atoms with Crippen LogP contribution < -0.4 is 0 Å². The third-order valence-corrected chi connectivity index (χ3v) is 8.95. The van der Waals surface area contributed by atoms with E-state index < -0.39 is 20.8 Å². The van der Waals surface area contributed by atoms with Crippen LogP contribution in [0.15, 0.2) is 115 Å².